The highest BCUT2D eigenvalue weighted by Crippen LogP contribution is 2.31. The number of piperazine rings is 1. The van der Waals surface area contributed by atoms with Gasteiger partial charge >= 0.3 is 6.03 Å². The highest BCUT2D eigenvalue weighted by molar-refractivity contribution is 5.82. The topological polar surface area (TPSA) is 85.0 Å². The van der Waals surface area contributed by atoms with Crippen LogP contribution in [-0.4, -0.2) is 89.9 Å². The lowest BCUT2D eigenvalue weighted by Gasteiger charge is -2.41. The molecule has 2 heterocycles. The van der Waals surface area contributed by atoms with E-state index in [9.17, 15) is 14.4 Å². The van der Waals surface area contributed by atoms with Gasteiger partial charge in [0.25, 0.3) is 0 Å². The Morgan fingerprint density at radius 2 is 1.71 bits per heavy atom. The van der Waals surface area contributed by atoms with E-state index in [-0.39, 0.29) is 29.4 Å². The van der Waals surface area contributed by atoms with Gasteiger partial charge in [0, 0.05) is 57.8 Å². The molecule has 3 fully saturated rings. The van der Waals surface area contributed by atoms with Crippen LogP contribution >= 0.6 is 0 Å². The van der Waals surface area contributed by atoms with Crippen LogP contribution in [-0.2, 0) is 9.59 Å². The largest absolute Gasteiger partial charge is 0.355 e. The molecule has 3 aliphatic rings. The van der Waals surface area contributed by atoms with E-state index in [2.05, 4.69) is 15.5 Å². The predicted octanol–water partition coefficient (Wildman–Crippen LogP) is 1.80. The minimum absolute atomic E-state index is 0.0227. The van der Waals surface area contributed by atoms with Crippen LogP contribution in [0, 0.1) is 5.92 Å². The fraction of sp³-hybridized carbons (Fsp3) is 0.870. The fourth-order valence-corrected chi connectivity index (χ4v) is 5.08. The lowest BCUT2D eigenvalue weighted by atomic mass is 9.95. The summed E-state index contributed by atoms with van der Waals surface area (Å²) in [6.07, 6.45) is 7.01. The van der Waals surface area contributed by atoms with Gasteiger partial charge in [-0.25, -0.2) is 4.79 Å². The van der Waals surface area contributed by atoms with Crippen molar-refractivity contribution in [3.63, 3.8) is 0 Å². The minimum Gasteiger partial charge on any atom is -0.355 e. The smallest absolute Gasteiger partial charge is 0.317 e. The van der Waals surface area contributed by atoms with Gasteiger partial charge in [0.05, 0.1) is 6.04 Å². The first-order valence-corrected chi connectivity index (χ1v) is 12.1. The van der Waals surface area contributed by atoms with Gasteiger partial charge in [0.15, 0.2) is 0 Å². The highest BCUT2D eigenvalue weighted by atomic mass is 16.2. The minimum atomic E-state index is -0.250. The fourth-order valence-electron chi connectivity index (χ4n) is 5.08. The average molecular weight is 436 g/mol. The van der Waals surface area contributed by atoms with E-state index in [1.165, 1.54) is 12.8 Å². The Morgan fingerprint density at radius 1 is 1.03 bits per heavy atom. The second-order valence-electron chi connectivity index (χ2n) is 10.3. The van der Waals surface area contributed by atoms with Crippen LogP contribution in [0.15, 0.2) is 0 Å². The summed E-state index contributed by atoms with van der Waals surface area (Å²) in [6, 6.07) is -0.130. The Hall–Kier alpha value is -1.83. The van der Waals surface area contributed by atoms with Crippen LogP contribution in [0.25, 0.3) is 0 Å². The Kier molecular flexibility index (Phi) is 8.19. The molecular weight excluding hydrogens is 394 g/mol. The first kappa shape index (κ1) is 23.8. The van der Waals surface area contributed by atoms with Crippen LogP contribution in [0.5, 0.6) is 0 Å². The number of likely N-dealkylation sites (tertiary alicyclic amines) is 1. The van der Waals surface area contributed by atoms with Gasteiger partial charge in [-0.2, -0.15) is 0 Å². The van der Waals surface area contributed by atoms with Crippen molar-refractivity contribution in [1.82, 2.24) is 25.3 Å². The third-order valence-corrected chi connectivity index (χ3v) is 6.67. The zero-order valence-electron chi connectivity index (χ0n) is 19.6. The van der Waals surface area contributed by atoms with Crippen molar-refractivity contribution in [1.29, 1.82) is 0 Å². The van der Waals surface area contributed by atoms with Gasteiger partial charge < -0.3 is 20.4 Å². The summed E-state index contributed by atoms with van der Waals surface area (Å²) < 4.78 is 0. The molecule has 1 aliphatic carbocycles. The van der Waals surface area contributed by atoms with Gasteiger partial charge in [-0.05, 0) is 52.4 Å². The summed E-state index contributed by atoms with van der Waals surface area (Å²) in [7, 11) is 0. The van der Waals surface area contributed by atoms with Crippen molar-refractivity contribution in [2.75, 3.05) is 45.8 Å². The molecule has 176 valence electrons. The normalized spacial score (nSPS) is 22.1. The number of nitrogens with zero attached hydrogens (tertiary/aromatic N) is 3. The van der Waals surface area contributed by atoms with Crippen LogP contribution in [0.3, 0.4) is 0 Å². The molecule has 0 aromatic carbocycles. The zero-order chi connectivity index (χ0) is 22.4. The second kappa shape index (κ2) is 10.7. The molecule has 2 aliphatic heterocycles. The number of hydrogen-bond donors (Lipinski definition) is 2. The Morgan fingerprint density at radius 3 is 2.29 bits per heavy atom. The van der Waals surface area contributed by atoms with Crippen molar-refractivity contribution >= 4 is 17.8 Å². The standard InChI is InChI=1S/C23H41N5O3/c1-23(2,3)25-22(31)28-16-14-27(15-17-28)20(18-8-4-5-9-18)21(30)24-11-7-13-26-12-6-10-19(26)29/h18,20H,4-17H2,1-3H3,(H,24,30)(H,25,31). The van der Waals surface area contributed by atoms with Crippen molar-refractivity contribution in [2.24, 2.45) is 5.92 Å². The molecule has 0 radical (unpaired) electrons. The van der Waals surface area contributed by atoms with E-state index in [4.69, 9.17) is 0 Å². The predicted molar refractivity (Wildman–Crippen MR) is 121 cm³/mol. The molecule has 3 rings (SSSR count). The second-order valence-corrected chi connectivity index (χ2v) is 10.3. The van der Waals surface area contributed by atoms with Crippen molar-refractivity contribution in [3.8, 4) is 0 Å². The SMILES string of the molecule is CC(C)(C)NC(=O)N1CCN(C(C(=O)NCCCN2CCCC2=O)C2CCCC2)CC1. The van der Waals surface area contributed by atoms with Gasteiger partial charge in [-0.15, -0.1) is 0 Å². The van der Waals surface area contributed by atoms with Gasteiger partial charge in [0.1, 0.15) is 0 Å². The van der Waals surface area contributed by atoms with Crippen LogP contribution < -0.4 is 10.6 Å². The third-order valence-electron chi connectivity index (χ3n) is 6.67. The first-order chi connectivity index (χ1) is 14.7. The number of carbonyl (C=O) groups excluding carboxylic acids is 3. The Bertz CT molecular complexity index is 634. The summed E-state index contributed by atoms with van der Waals surface area (Å²) in [5.74, 6) is 0.755. The van der Waals surface area contributed by atoms with Crippen LogP contribution in [0.1, 0.15) is 65.7 Å². The molecule has 8 heteroatoms. The van der Waals surface area contributed by atoms with Crippen molar-refractivity contribution in [2.45, 2.75) is 77.3 Å². The maximum absolute atomic E-state index is 13.2. The summed E-state index contributed by atoms with van der Waals surface area (Å²) in [5.41, 5.74) is -0.250. The summed E-state index contributed by atoms with van der Waals surface area (Å²) in [5, 5.41) is 6.18. The van der Waals surface area contributed by atoms with E-state index in [1.54, 1.807) is 0 Å². The molecular formula is C23H41N5O3. The molecule has 4 amide bonds. The van der Waals surface area contributed by atoms with Crippen molar-refractivity contribution in [3.05, 3.63) is 0 Å². The zero-order valence-corrected chi connectivity index (χ0v) is 19.6. The molecule has 31 heavy (non-hydrogen) atoms. The van der Waals surface area contributed by atoms with Crippen LogP contribution in [0.4, 0.5) is 4.79 Å². The van der Waals surface area contributed by atoms with E-state index < -0.39 is 0 Å². The quantitative estimate of drug-likeness (QED) is 0.597. The van der Waals surface area contributed by atoms with E-state index >= 15 is 0 Å². The lowest BCUT2D eigenvalue weighted by Crippen LogP contribution is -2.60. The summed E-state index contributed by atoms with van der Waals surface area (Å²) in [6.45, 7) is 10.9. The monoisotopic (exact) mass is 435 g/mol. The Labute approximate surface area is 187 Å². The van der Waals surface area contributed by atoms with E-state index in [1.807, 2.05) is 30.6 Å². The number of rotatable bonds is 7. The molecule has 2 N–H and O–H groups in total. The maximum atomic E-state index is 13.2. The van der Waals surface area contributed by atoms with Gasteiger partial charge in [0.2, 0.25) is 11.8 Å². The van der Waals surface area contributed by atoms with Gasteiger partial charge in [-0.3, -0.25) is 14.5 Å². The number of carbonyl (C=O) groups is 3. The maximum Gasteiger partial charge on any atom is 0.317 e. The summed E-state index contributed by atoms with van der Waals surface area (Å²) in [4.78, 5) is 43.4. The third kappa shape index (κ3) is 6.82. The highest BCUT2D eigenvalue weighted by Gasteiger charge is 2.37. The average Bonchev–Trinajstić information content (AvgIpc) is 3.37. The van der Waals surface area contributed by atoms with Crippen molar-refractivity contribution < 1.29 is 14.4 Å². The molecule has 1 unspecified atom stereocenters. The molecule has 0 bridgehead atoms. The molecule has 1 atom stereocenters. The van der Waals surface area contributed by atoms with E-state index in [0.717, 1.165) is 51.9 Å². The van der Waals surface area contributed by atoms with Gasteiger partial charge in [-0.1, -0.05) is 12.8 Å². The summed E-state index contributed by atoms with van der Waals surface area (Å²) >= 11 is 0. The lowest BCUT2D eigenvalue weighted by molar-refractivity contribution is -0.129. The molecule has 0 spiro atoms. The van der Waals surface area contributed by atoms with E-state index in [0.29, 0.717) is 32.0 Å². The molecule has 8 nitrogen and oxygen atoms in total. The molecule has 1 saturated carbocycles. The number of hydrogen-bond acceptors (Lipinski definition) is 4. The molecule has 0 aromatic heterocycles. The first-order valence-electron chi connectivity index (χ1n) is 12.1. The Balaban J connectivity index is 1.49. The number of nitrogens with one attached hydrogen (secondary N) is 2. The molecule has 0 aromatic rings. The number of urea groups is 1. The molecule has 2 saturated heterocycles. The van der Waals surface area contributed by atoms with Crippen LogP contribution in [0.2, 0.25) is 0 Å². The number of amides is 4.